The first-order chi connectivity index (χ1) is 12.2. The summed E-state index contributed by atoms with van der Waals surface area (Å²) in [6.07, 6.45) is 1.78. The van der Waals surface area contributed by atoms with Gasteiger partial charge in [0.25, 0.3) is 0 Å². The van der Waals surface area contributed by atoms with Crippen molar-refractivity contribution >= 4 is 45.9 Å². The summed E-state index contributed by atoms with van der Waals surface area (Å²) < 4.78 is 11.5. The van der Waals surface area contributed by atoms with Crippen LogP contribution in [0.25, 0.3) is 0 Å². The number of methoxy groups -OCH3 is 2. The Balaban J connectivity index is 0.00000338. The Bertz CT molecular complexity index is 714. The van der Waals surface area contributed by atoms with Crippen molar-refractivity contribution < 1.29 is 9.47 Å². The molecule has 0 aliphatic carbocycles. The molecular formula is C18H24BrIN4O2. The molecule has 1 aromatic heterocycles. The largest absolute Gasteiger partial charge is 0.493 e. The van der Waals surface area contributed by atoms with Gasteiger partial charge in [0.2, 0.25) is 0 Å². The van der Waals surface area contributed by atoms with E-state index >= 15 is 0 Å². The summed E-state index contributed by atoms with van der Waals surface area (Å²) in [5.41, 5.74) is 1.97. The molecule has 8 heteroatoms. The SMILES string of the molecule is CCNC(=NCc1cc(Br)c(OC)c(OC)c1)NCc1ccccn1.I. The number of rotatable bonds is 7. The highest BCUT2D eigenvalue weighted by molar-refractivity contribution is 14.0. The molecule has 0 aliphatic rings. The van der Waals surface area contributed by atoms with E-state index in [1.165, 1.54) is 0 Å². The molecular weight excluding hydrogens is 511 g/mol. The molecule has 0 aliphatic heterocycles. The summed E-state index contributed by atoms with van der Waals surface area (Å²) in [5.74, 6) is 2.09. The zero-order chi connectivity index (χ0) is 18.1. The van der Waals surface area contributed by atoms with Gasteiger partial charge in [-0.3, -0.25) is 4.98 Å². The maximum absolute atomic E-state index is 5.37. The number of benzene rings is 1. The highest BCUT2D eigenvalue weighted by Gasteiger charge is 2.10. The fourth-order valence-corrected chi connectivity index (χ4v) is 2.90. The van der Waals surface area contributed by atoms with Crippen LogP contribution in [0, 0.1) is 0 Å². The van der Waals surface area contributed by atoms with E-state index in [1.54, 1.807) is 20.4 Å². The zero-order valence-corrected chi connectivity index (χ0v) is 19.0. The molecule has 0 bridgehead atoms. The fraction of sp³-hybridized carbons (Fsp3) is 0.333. The average molecular weight is 535 g/mol. The quantitative estimate of drug-likeness (QED) is 0.322. The van der Waals surface area contributed by atoms with Crippen LogP contribution in [0.1, 0.15) is 18.2 Å². The van der Waals surface area contributed by atoms with Gasteiger partial charge in [0, 0.05) is 12.7 Å². The van der Waals surface area contributed by atoms with Crippen molar-refractivity contribution in [3.05, 3.63) is 52.3 Å². The van der Waals surface area contributed by atoms with Gasteiger partial charge >= 0.3 is 0 Å². The summed E-state index contributed by atoms with van der Waals surface area (Å²) in [6.45, 7) is 3.94. The van der Waals surface area contributed by atoms with E-state index in [0.29, 0.717) is 24.6 Å². The van der Waals surface area contributed by atoms with Crippen molar-refractivity contribution in [1.82, 2.24) is 15.6 Å². The molecule has 0 saturated carbocycles. The van der Waals surface area contributed by atoms with Crippen LogP contribution in [0.4, 0.5) is 0 Å². The molecule has 0 fully saturated rings. The first kappa shape index (κ1) is 22.5. The van der Waals surface area contributed by atoms with Crippen LogP contribution in [0.15, 0.2) is 46.0 Å². The number of halogens is 2. The number of ether oxygens (including phenoxy) is 2. The second-order valence-corrected chi connectivity index (χ2v) is 6.04. The van der Waals surface area contributed by atoms with Crippen LogP contribution in [-0.4, -0.2) is 31.7 Å². The van der Waals surface area contributed by atoms with Crippen LogP contribution in [0.5, 0.6) is 11.5 Å². The summed E-state index contributed by atoms with van der Waals surface area (Å²) >= 11 is 3.51. The second-order valence-electron chi connectivity index (χ2n) is 5.18. The van der Waals surface area contributed by atoms with Gasteiger partial charge in [0.05, 0.1) is 37.5 Å². The molecule has 1 heterocycles. The first-order valence-corrected chi connectivity index (χ1v) is 8.79. The summed E-state index contributed by atoms with van der Waals surface area (Å²) in [6, 6.07) is 9.75. The van der Waals surface area contributed by atoms with Gasteiger partial charge in [-0.2, -0.15) is 0 Å². The van der Waals surface area contributed by atoms with Crippen molar-refractivity contribution in [2.24, 2.45) is 4.99 Å². The molecule has 0 spiro atoms. The number of aromatic nitrogens is 1. The number of hydrogen-bond donors (Lipinski definition) is 2. The molecule has 142 valence electrons. The Morgan fingerprint density at radius 1 is 1.19 bits per heavy atom. The van der Waals surface area contributed by atoms with Gasteiger partial charge in [-0.25, -0.2) is 4.99 Å². The number of aliphatic imine (C=N–C) groups is 1. The van der Waals surface area contributed by atoms with E-state index < -0.39 is 0 Å². The number of guanidine groups is 1. The fourth-order valence-electron chi connectivity index (χ4n) is 2.25. The molecule has 26 heavy (non-hydrogen) atoms. The van der Waals surface area contributed by atoms with E-state index in [2.05, 4.69) is 36.5 Å². The minimum atomic E-state index is 0. The molecule has 0 radical (unpaired) electrons. The average Bonchev–Trinajstić information content (AvgIpc) is 2.64. The summed E-state index contributed by atoms with van der Waals surface area (Å²) in [5, 5.41) is 6.51. The molecule has 6 nitrogen and oxygen atoms in total. The van der Waals surface area contributed by atoms with Gasteiger partial charge in [-0.1, -0.05) is 6.07 Å². The third-order valence-electron chi connectivity index (χ3n) is 3.42. The van der Waals surface area contributed by atoms with E-state index in [0.717, 1.165) is 28.2 Å². The molecule has 0 atom stereocenters. The molecule has 2 rings (SSSR count). The maximum Gasteiger partial charge on any atom is 0.191 e. The molecule has 0 amide bonds. The Labute approximate surface area is 179 Å². The van der Waals surface area contributed by atoms with Gasteiger partial charge in [-0.05, 0) is 52.7 Å². The summed E-state index contributed by atoms with van der Waals surface area (Å²) in [4.78, 5) is 8.92. The minimum Gasteiger partial charge on any atom is -0.493 e. The van der Waals surface area contributed by atoms with Crippen molar-refractivity contribution in [3.63, 3.8) is 0 Å². The van der Waals surface area contributed by atoms with Crippen molar-refractivity contribution in [1.29, 1.82) is 0 Å². The lowest BCUT2D eigenvalue weighted by Gasteiger charge is -2.13. The lowest BCUT2D eigenvalue weighted by Crippen LogP contribution is -2.37. The van der Waals surface area contributed by atoms with Crippen LogP contribution < -0.4 is 20.1 Å². The predicted octanol–water partition coefficient (Wildman–Crippen LogP) is 3.73. The van der Waals surface area contributed by atoms with Crippen LogP contribution >= 0.6 is 39.9 Å². The van der Waals surface area contributed by atoms with Crippen molar-refractivity contribution in [2.75, 3.05) is 20.8 Å². The first-order valence-electron chi connectivity index (χ1n) is 8.00. The van der Waals surface area contributed by atoms with Crippen LogP contribution in [0.3, 0.4) is 0 Å². The van der Waals surface area contributed by atoms with Gasteiger partial charge in [0.1, 0.15) is 0 Å². The zero-order valence-electron chi connectivity index (χ0n) is 15.1. The number of hydrogen-bond acceptors (Lipinski definition) is 4. The van der Waals surface area contributed by atoms with Gasteiger partial charge < -0.3 is 20.1 Å². The Morgan fingerprint density at radius 3 is 2.62 bits per heavy atom. The number of nitrogens with one attached hydrogen (secondary N) is 2. The molecule has 2 aromatic rings. The third-order valence-corrected chi connectivity index (χ3v) is 4.01. The van der Waals surface area contributed by atoms with E-state index in [1.807, 2.05) is 37.3 Å². The predicted molar refractivity (Wildman–Crippen MR) is 119 cm³/mol. The monoisotopic (exact) mass is 534 g/mol. The molecule has 0 saturated heterocycles. The molecule has 1 aromatic carbocycles. The van der Waals surface area contributed by atoms with Crippen molar-refractivity contribution in [2.45, 2.75) is 20.0 Å². The summed E-state index contributed by atoms with van der Waals surface area (Å²) in [7, 11) is 3.24. The highest BCUT2D eigenvalue weighted by atomic mass is 127. The lowest BCUT2D eigenvalue weighted by atomic mass is 10.2. The lowest BCUT2D eigenvalue weighted by molar-refractivity contribution is 0.352. The van der Waals surface area contributed by atoms with Crippen molar-refractivity contribution in [3.8, 4) is 11.5 Å². The minimum absolute atomic E-state index is 0. The maximum atomic E-state index is 5.37. The van der Waals surface area contributed by atoms with Gasteiger partial charge in [0.15, 0.2) is 17.5 Å². The molecule has 2 N–H and O–H groups in total. The second kappa shape index (κ2) is 11.9. The Kier molecular flexibility index (Phi) is 10.3. The highest BCUT2D eigenvalue weighted by Crippen LogP contribution is 2.36. The standard InChI is InChI=1S/C18H23BrN4O2.HI/c1-4-20-18(23-12-14-7-5-6-8-21-14)22-11-13-9-15(19)17(25-3)16(10-13)24-2;/h5-10H,4,11-12H2,1-3H3,(H2,20,22,23);1H. The topological polar surface area (TPSA) is 67.8 Å². The van der Waals surface area contributed by atoms with E-state index in [9.17, 15) is 0 Å². The normalized spacial score (nSPS) is 10.7. The van der Waals surface area contributed by atoms with E-state index in [4.69, 9.17) is 9.47 Å². The van der Waals surface area contributed by atoms with Crippen LogP contribution in [-0.2, 0) is 13.1 Å². The number of pyridine rings is 1. The Hall–Kier alpha value is -1.55. The van der Waals surface area contributed by atoms with Crippen LogP contribution in [0.2, 0.25) is 0 Å². The Morgan fingerprint density at radius 2 is 2.00 bits per heavy atom. The van der Waals surface area contributed by atoms with E-state index in [-0.39, 0.29) is 24.0 Å². The number of nitrogens with zero attached hydrogens (tertiary/aromatic N) is 2. The molecule has 0 unspecified atom stereocenters. The smallest absolute Gasteiger partial charge is 0.191 e. The third kappa shape index (κ3) is 6.64. The van der Waals surface area contributed by atoms with Gasteiger partial charge in [-0.15, -0.1) is 24.0 Å².